The molecule has 0 aliphatic heterocycles. The third kappa shape index (κ3) is 3.26. The van der Waals surface area contributed by atoms with E-state index in [9.17, 15) is 14.9 Å². The van der Waals surface area contributed by atoms with E-state index in [1.165, 1.54) is 31.6 Å². The van der Waals surface area contributed by atoms with Crippen LogP contribution in [-0.2, 0) is 0 Å². The number of benzene rings is 2. The van der Waals surface area contributed by atoms with Crippen LogP contribution in [0.2, 0.25) is 5.02 Å². The van der Waals surface area contributed by atoms with Crippen molar-refractivity contribution in [1.29, 1.82) is 0 Å². The molecule has 0 radical (unpaired) electrons. The number of thiazole rings is 1. The number of rotatable bonds is 5. The van der Waals surface area contributed by atoms with Gasteiger partial charge in [0.05, 0.1) is 34.9 Å². The smallest absolute Gasteiger partial charge is 0.286 e. The van der Waals surface area contributed by atoms with Crippen LogP contribution >= 0.6 is 22.9 Å². The third-order valence-electron chi connectivity index (χ3n) is 3.53. The predicted octanol–water partition coefficient (Wildman–Crippen LogP) is 4.13. The molecule has 134 valence electrons. The number of nitro benzene ring substituents is 1. The number of hydrogen-bond donors (Lipinski definition) is 1. The second kappa shape index (κ2) is 7.14. The average Bonchev–Trinajstić information content (AvgIpc) is 3.04. The number of carbonyl (C=O) groups is 1. The van der Waals surface area contributed by atoms with Crippen LogP contribution in [0, 0.1) is 10.1 Å². The molecule has 0 bridgehead atoms. The van der Waals surface area contributed by atoms with Crippen molar-refractivity contribution in [1.82, 2.24) is 4.98 Å². The Labute approximate surface area is 156 Å². The maximum Gasteiger partial charge on any atom is 0.286 e. The Balaban J connectivity index is 2.00. The first-order chi connectivity index (χ1) is 12.4. The van der Waals surface area contributed by atoms with Crippen molar-refractivity contribution in [3.05, 3.63) is 51.0 Å². The molecule has 26 heavy (non-hydrogen) atoms. The van der Waals surface area contributed by atoms with E-state index in [1.54, 1.807) is 12.1 Å². The Morgan fingerprint density at radius 1 is 1.27 bits per heavy atom. The highest BCUT2D eigenvalue weighted by Crippen LogP contribution is 2.36. The van der Waals surface area contributed by atoms with E-state index in [4.69, 9.17) is 21.1 Å². The molecule has 2 aromatic carbocycles. The summed E-state index contributed by atoms with van der Waals surface area (Å²) >= 11 is 7.29. The number of nitro groups is 1. The fourth-order valence-electron chi connectivity index (χ4n) is 2.33. The van der Waals surface area contributed by atoms with Crippen molar-refractivity contribution in [2.45, 2.75) is 0 Å². The van der Waals surface area contributed by atoms with Crippen LogP contribution in [0.15, 0.2) is 30.3 Å². The number of nitrogens with one attached hydrogen (secondary N) is 1. The van der Waals surface area contributed by atoms with E-state index in [0.29, 0.717) is 10.5 Å². The lowest BCUT2D eigenvalue weighted by atomic mass is 10.1. The highest BCUT2D eigenvalue weighted by atomic mass is 35.5. The molecule has 0 fully saturated rings. The lowest BCUT2D eigenvalue weighted by molar-refractivity contribution is -0.385. The summed E-state index contributed by atoms with van der Waals surface area (Å²) in [6.45, 7) is 0. The fraction of sp³-hybridized carbons (Fsp3) is 0.125. The van der Waals surface area contributed by atoms with E-state index >= 15 is 0 Å². The molecular weight excluding hydrogens is 382 g/mol. The second-order valence-corrected chi connectivity index (χ2v) is 6.48. The van der Waals surface area contributed by atoms with Gasteiger partial charge in [-0.1, -0.05) is 29.0 Å². The number of aromatic nitrogens is 1. The SMILES string of the molecule is COc1cc(C(=O)Nc2nc3c(Cl)cccc3s2)c([N+](=O)[O-])cc1OC. The van der Waals surface area contributed by atoms with Crippen LogP contribution < -0.4 is 14.8 Å². The first-order valence-corrected chi connectivity index (χ1v) is 8.41. The largest absolute Gasteiger partial charge is 0.493 e. The van der Waals surface area contributed by atoms with Gasteiger partial charge >= 0.3 is 0 Å². The van der Waals surface area contributed by atoms with Gasteiger partial charge in [0.1, 0.15) is 11.1 Å². The number of anilines is 1. The van der Waals surface area contributed by atoms with E-state index in [-0.39, 0.29) is 22.2 Å². The zero-order chi connectivity index (χ0) is 18.8. The fourth-order valence-corrected chi connectivity index (χ4v) is 3.49. The third-order valence-corrected chi connectivity index (χ3v) is 4.77. The Hall–Kier alpha value is -2.91. The first kappa shape index (κ1) is 17.9. The maximum absolute atomic E-state index is 12.6. The second-order valence-electron chi connectivity index (χ2n) is 5.04. The van der Waals surface area contributed by atoms with Crippen molar-refractivity contribution in [2.75, 3.05) is 19.5 Å². The molecule has 0 spiro atoms. The number of fused-ring (bicyclic) bond motifs is 1. The van der Waals surface area contributed by atoms with Gasteiger partial charge in [-0.25, -0.2) is 4.98 Å². The molecular formula is C16H12ClN3O5S. The molecule has 0 saturated carbocycles. The van der Waals surface area contributed by atoms with Crippen LogP contribution in [0.1, 0.15) is 10.4 Å². The Bertz CT molecular complexity index is 1020. The predicted molar refractivity (Wildman–Crippen MR) is 98.8 cm³/mol. The molecule has 1 aromatic heterocycles. The normalized spacial score (nSPS) is 10.6. The maximum atomic E-state index is 12.6. The average molecular weight is 394 g/mol. The summed E-state index contributed by atoms with van der Waals surface area (Å²) in [7, 11) is 2.73. The van der Waals surface area contributed by atoms with Crippen LogP contribution in [0.3, 0.4) is 0 Å². The first-order valence-electron chi connectivity index (χ1n) is 7.21. The van der Waals surface area contributed by atoms with Crippen molar-refractivity contribution < 1.29 is 19.2 Å². The molecule has 1 amide bonds. The highest BCUT2D eigenvalue weighted by molar-refractivity contribution is 7.22. The molecule has 0 atom stereocenters. The van der Waals surface area contributed by atoms with Gasteiger partial charge in [0, 0.05) is 6.07 Å². The van der Waals surface area contributed by atoms with E-state index < -0.39 is 16.5 Å². The van der Waals surface area contributed by atoms with Gasteiger partial charge < -0.3 is 9.47 Å². The number of methoxy groups -OCH3 is 2. The van der Waals surface area contributed by atoms with E-state index in [1.807, 2.05) is 6.07 Å². The summed E-state index contributed by atoms with van der Waals surface area (Å²) in [5.41, 5.74) is -0.0198. The lowest BCUT2D eigenvalue weighted by Crippen LogP contribution is -2.14. The summed E-state index contributed by atoms with van der Waals surface area (Å²) in [4.78, 5) is 27.5. The molecule has 0 saturated heterocycles. The van der Waals surface area contributed by atoms with Crippen LogP contribution in [0.5, 0.6) is 11.5 Å². The molecule has 3 aromatic rings. The summed E-state index contributed by atoms with van der Waals surface area (Å²) < 4.78 is 11.0. The highest BCUT2D eigenvalue weighted by Gasteiger charge is 2.25. The van der Waals surface area contributed by atoms with Gasteiger partial charge in [0.15, 0.2) is 16.6 Å². The van der Waals surface area contributed by atoms with E-state index in [0.717, 1.165) is 10.8 Å². The summed E-state index contributed by atoms with van der Waals surface area (Å²) in [6.07, 6.45) is 0. The Kier molecular flexibility index (Phi) is 4.92. The molecule has 1 N–H and O–H groups in total. The lowest BCUT2D eigenvalue weighted by Gasteiger charge is -2.10. The standard InChI is InChI=1S/C16H12ClN3O5S/c1-24-11-6-8(10(20(22)23)7-12(11)25-2)15(21)19-16-18-14-9(17)4-3-5-13(14)26-16/h3-7H,1-2H3,(H,18,19,21). The summed E-state index contributed by atoms with van der Waals surface area (Å²) in [5.74, 6) is -0.328. The number of carbonyl (C=O) groups excluding carboxylic acids is 1. The Morgan fingerprint density at radius 3 is 2.58 bits per heavy atom. The number of nitrogens with zero attached hydrogens (tertiary/aromatic N) is 2. The summed E-state index contributed by atoms with van der Waals surface area (Å²) in [5, 5.41) is 14.6. The van der Waals surface area contributed by atoms with Crippen molar-refractivity contribution in [3.63, 3.8) is 0 Å². The molecule has 10 heteroatoms. The monoisotopic (exact) mass is 393 g/mol. The zero-order valence-electron chi connectivity index (χ0n) is 13.6. The molecule has 0 aliphatic rings. The number of para-hydroxylation sites is 1. The van der Waals surface area contributed by atoms with Crippen molar-refractivity contribution in [3.8, 4) is 11.5 Å². The molecule has 1 heterocycles. The number of halogens is 1. The minimum absolute atomic E-state index is 0.155. The zero-order valence-corrected chi connectivity index (χ0v) is 15.2. The number of hydrogen-bond acceptors (Lipinski definition) is 7. The Morgan fingerprint density at radius 2 is 1.96 bits per heavy atom. The van der Waals surface area contributed by atoms with Crippen molar-refractivity contribution >= 4 is 49.9 Å². The van der Waals surface area contributed by atoms with Gasteiger partial charge in [-0.15, -0.1) is 0 Å². The quantitative estimate of drug-likeness (QED) is 0.516. The van der Waals surface area contributed by atoms with Gasteiger partial charge in [-0.2, -0.15) is 0 Å². The van der Waals surface area contributed by atoms with Gasteiger partial charge in [0.2, 0.25) is 0 Å². The molecule has 0 unspecified atom stereocenters. The van der Waals surface area contributed by atoms with E-state index in [2.05, 4.69) is 10.3 Å². The topological polar surface area (TPSA) is 104 Å². The molecule has 8 nitrogen and oxygen atoms in total. The minimum atomic E-state index is -0.687. The van der Waals surface area contributed by atoms with Gasteiger partial charge in [0.25, 0.3) is 11.6 Å². The molecule has 3 rings (SSSR count). The number of amides is 1. The van der Waals surface area contributed by atoms with Crippen LogP contribution in [0.4, 0.5) is 10.8 Å². The minimum Gasteiger partial charge on any atom is -0.493 e. The van der Waals surface area contributed by atoms with Crippen LogP contribution in [0.25, 0.3) is 10.2 Å². The number of ether oxygens (including phenoxy) is 2. The van der Waals surface area contributed by atoms with Crippen molar-refractivity contribution in [2.24, 2.45) is 0 Å². The summed E-state index contributed by atoms with van der Waals surface area (Å²) in [6, 6.07) is 7.67. The van der Waals surface area contributed by atoms with Gasteiger partial charge in [-0.05, 0) is 12.1 Å². The van der Waals surface area contributed by atoms with Gasteiger partial charge in [-0.3, -0.25) is 20.2 Å². The van der Waals surface area contributed by atoms with Crippen LogP contribution in [-0.4, -0.2) is 30.0 Å². The molecule has 0 aliphatic carbocycles.